The molecule has 7 heteroatoms. The van der Waals surface area contributed by atoms with Crippen LogP contribution in [0.4, 0.5) is 10.1 Å². The van der Waals surface area contributed by atoms with Gasteiger partial charge in [-0.3, -0.25) is 14.3 Å². The van der Waals surface area contributed by atoms with Crippen molar-refractivity contribution in [3.63, 3.8) is 0 Å². The number of fused-ring (bicyclic) bond motifs is 2. The second-order valence-electron chi connectivity index (χ2n) is 7.66. The van der Waals surface area contributed by atoms with Crippen molar-refractivity contribution in [2.24, 2.45) is 23.7 Å². The van der Waals surface area contributed by atoms with Crippen molar-refractivity contribution in [2.75, 3.05) is 5.32 Å². The predicted octanol–water partition coefficient (Wildman–Crippen LogP) is 3.15. The quantitative estimate of drug-likeness (QED) is 0.777. The van der Waals surface area contributed by atoms with Gasteiger partial charge in [-0.05, 0) is 49.8 Å². The number of nitrogens with one attached hydrogen (secondary N) is 1. The summed E-state index contributed by atoms with van der Waals surface area (Å²) in [5, 5.41) is 17.0. The van der Waals surface area contributed by atoms with E-state index in [-0.39, 0.29) is 23.6 Å². The van der Waals surface area contributed by atoms with Gasteiger partial charge in [0.2, 0.25) is 5.91 Å². The van der Waals surface area contributed by atoms with Crippen molar-refractivity contribution in [3.8, 4) is 0 Å². The summed E-state index contributed by atoms with van der Waals surface area (Å²) in [6.07, 6.45) is 4.60. The number of aliphatic carboxylic acids is 1. The van der Waals surface area contributed by atoms with Gasteiger partial charge in [-0.25, -0.2) is 4.39 Å². The number of aromatic nitrogens is 2. The monoisotopic (exact) mass is 383 g/mol. The Balaban J connectivity index is 1.54. The number of carbonyl (C=O) groups excluding carboxylic acids is 1. The van der Waals surface area contributed by atoms with Crippen molar-refractivity contribution in [1.82, 2.24) is 9.78 Å². The summed E-state index contributed by atoms with van der Waals surface area (Å²) in [7, 11) is 0. The lowest BCUT2D eigenvalue weighted by Gasteiger charge is -2.23. The van der Waals surface area contributed by atoms with Crippen molar-refractivity contribution in [1.29, 1.82) is 0 Å². The third-order valence-electron chi connectivity index (χ3n) is 5.92. The van der Waals surface area contributed by atoms with Crippen LogP contribution in [0.3, 0.4) is 0 Å². The molecule has 4 rings (SSSR count). The van der Waals surface area contributed by atoms with Gasteiger partial charge < -0.3 is 10.4 Å². The zero-order chi connectivity index (χ0) is 20.0. The molecular weight excluding hydrogens is 361 g/mol. The van der Waals surface area contributed by atoms with E-state index in [2.05, 4.69) is 10.4 Å². The van der Waals surface area contributed by atoms with Gasteiger partial charge in [0.05, 0.1) is 35.5 Å². The maximum absolute atomic E-state index is 13.1. The third-order valence-corrected chi connectivity index (χ3v) is 5.92. The van der Waals surface area contributed by atoms with E-state index in [4.69, 9.17) is 0 Å². The fourth-order valence-corrected chi connectivity index (χ4v) is 4.52. The second-order valence-corrected chi connectivity index (χ2v) is 7.66. The highest BCUT2D eigenvalue weighted by Crippen LogP contribution is 2.48. The Morgan fingerprint density at radius 2 is 1.82 bits per heavy atom. The number of hydrogen-bond donors (Lipinski definition) is 2. The molecule has 0 aliphatic heterocycles. The maximum Gasteiger partial charge on any atom is 0.307 e. The number of hydrogen-bond acceptors (Lipinski definition) is 3. The fraction of sp³-hybridized carbons (Fsp3) is 0.381. The van der Waals surface area contributed by atoms with Crippen LogP contribution in [0.25, 0.3) is 0 Å². The lowest BCUT2D eigenvalue weighted by atomic mass is 9.82. The zero-order valence-electron chi connectivity index (χ0n) is 15.7. The maximum atomic E-state index is 13.1. The van der Waals surface area contributed by atoms with Crippen LogP contribution in [-0.4, -0.2) is 26.8 Å². The smallest absolute Gasteiger partial charge is 0.307 e. The van der Waals surface area contributed by atoms with Crippen LogP contribution in [-0.2, 0) is 16.1 Å². The Kier molecular flexibility index (Phi) is 4.53. The summed E-state index contributed by atoms with van der Waals surface area (Å²) >= 11 is 0. The molecule has 146 valence electrons. The molecule has 1 amide bonds. The Hall–Kier alpha value is -2.96. The minimum atomic E-state index is -0.919. The molecule has 4 unspecified atom stereocenters. The molecule has 6 nitrogen and oxygen atoms in total. The summed E-state index contributed by atoms with van der Waals surface area (Å²) in [5.74, 6) is -2.81. The average molecular weight is 383 g/mol. The third kappa shape index (κ3) is 3.10. The number of amides is 1. The van der Waals surface area contributed by atoms with Gasteiger partial charge in [0, 0.05) is 0 Å². The van der Waals surface area contributed by atoms with E-state index in [1.54, 1.807) is 23.7 Å². The van der Waals surface area contributed by atoms with Crippen molar-refractivity contribution in [3.05, 3.63) is 59.2 Å². The molecule has 1 heterocycles. The molecule has 1 saturated carbocycles. The Morgan fingerprint density at radius 3 is 2.46 bits per heavy atom. The minimum Gasteiger partial charge on any atom is -0.481 e. The van der Waals surface area contributed by atoms with Crippen LogP contribution in [0.15, 0.2) is 36.4 Å². The van der Waals surface area contributed by atoms with Gasteiger partial charge in [-0.15, -0.1) is 0 Å². The second kappa shape index (κ2) is 6.89. The number of carbonyl (C=O) groups is 2. The number of rotatable bonds is 5. The summed E-state index contributed by atoms with van der Waals surface area (Å²) in [6.45, 7) is 4.12. The van der Waals surface area contributed by atoms with E-state index in [0.29, 0.717) is 17.9 Å². The molecule has 1 aromatic heterocycles. The molecule has 28 heavy (non-hydrogen) atoms. The molecule has 2 aliphatic rings. The summed E-state index contributed by atoms with van der Waals surface area (Å²) < 4.78 is 14.9. The molecule has 0 spiro atoms. The molecule has 0 saturated heterocycles. The molecule has 2 bridgehead atoms. The van der Waals surface area contributed by atoms with Gasteiger partial charge in [0.1, 0.15) is 5.82 Å². The van der Waals surface area contributed by atoms with Crippen molar-refractivity contribution in [2.45, 2.75) is 26.8 Å². The highest BCUT2D eigenvalue weighted by molar-refractivity contribution is 5.97. The molecule has 0 radical (unpaired) electrons. The number of carboxylic acids is 1. The average Bonchev–Trinajstić information content (AvgIpc) is 3.33. The lowest BCUT2D eigenvalue weighted by Crippen LogP contribution is -2.36. The number of carboxylic acid groups (broad SMARTS) is 1. The first-order chi connectivity index (χ1) is 13.3. The SMILES string of the molecule is Cc1nn(Cc2ccc(F)cc2)c(C)c1NC(=O)C1C2C=CC(C2)C1C(=O)O. The van der Waals surface area contributed by atoms with Crippen molar-refractivity contribution >= 4 is 17.6 Å². The van der Waals surface area contributed by atoms with Crippen molar-refractivity contribution < 1.29 is 19.1 Å². The largest absolute Gasteiger partial charge is 0.481 e. The first-order valence-electron chi connectivity index (χ1n) is 9.35. The molecule has 2 aromatic rings. The number of benzene rings is 1. The standard InChI is InChI=1S/C21H22FN3O3/c1-11-19(12(2)25(24-11)10-13-3-7-16(22)8-4-13)23-20(26)17-14-5-6-15(9-14)18(17)21(27)28/h3-8,14-15,17-18H,9-10H2,1-2H3,(H,23,26)(H,27,28). The molecule has 4 atom stereocenters. The lowest BCUT2D eigenvalue weighted by molar-refractivity contribution is -0.146. The number of allylic oxidation sites excluding steroid dienone is 2. The normalized spacial score (nSPS) is 25.2. The van der Waals surface area contributed by atoms with E-state index in [9.17, 15) is 19.1 Å². The molecule has 2 N–H and O–H groups in total. The van der Waals surface area contributed by atoms with Gasteiger partial charge in [0.15, 0.2) is 0 Å². The summed E-state index contributed by atoms with van der Waals surface area (Å²) in [4.78, 5) is 24.6. The number of aryl methyl sites for hydroxylation is 1. The van der Waals surface area contributed by atoms with E-state index in [1.807, 2.05) is 19.1 Å². The Bertz CT molecular complexity index is 964. The van der Waals surface area contributed by atoms with E-state index in [1.165, 1.54) is 12.1 Å². The van der Waals surface area contributed by atoms with E-state index in [0.717, 1.165) is 17.7 Å². The van der Waals surface area contributed by atoms with Crippen LogP contribution in [0.5, 0.6) is 0 Å². The summed E-state index contributed by atoms with van der Waals surface area (Å²) in [5.41, 5.74) is 2.95. The van der Waals surface area contributed by atoms with Gasteiger partial charge >= 0.3 is 5.97 Å². The number of anilines is 1. The highest BCUT2D eigenvalue weighted by atomic mass is 19.1. The molecular formula is C21H22FN3O3. The summed E-state index contributed by atoms with van der Waals surface area (Å²) in [6, 6.07) is 6.20. The molecule has 2 aliphatic carbocycles. The Labute approximate surface area is 162 Å². The Morgan fingerprint density at radius 1 is 1.18 bits per heavy atom. The topological polar surface area (TPSA) is 84.2 Å². The molecule has 1 fully saturated rings. The zero-order valence-corrected chi connectivity index (χ0v) is 15.7. The fourth-order valence-electron chi connectivity index (χ4n) is 4.52. The van der Waals surface area contributed by atoms with Gasteiger partial charge in [-0.1, -0.05) is 24.3 Å². The molecule has 1 aromatic carbocycles. The minimum absolute atomic E-state index is 0.0269. The van der Waals surface area contributed by atoms with Gasteiger partial charge in [0.25, 0.3) is 0 Å². The number of halogens is 1. The predicted molar refractivity (Wildman–Crippen MR) is 101 cm³/mol. The van der Waals surface area contributed by atoms with Crippen LogP contribution in [0, 0.1) is 43.3 Å². The first-order valence-corrected chi connectivity index (χ1v) is 9.35. The van der Waals surface area contributed by atoms with E-state index >= 15 is 0 Å². The first kappa shape index (κ1) is 18.4. The van der Waals surface area contributed by atoms with Crippen LogP contribution < -0.4 is 5.32 Å². The number of nitrogens with zero attached hydrogens (tertiary/aromatic N) is 2. The van der Waals surface area contributed by atoms with Gasteiger partial charge in [-0.2, -0.15) is 5.10 Å². The van der Waals surface area contributed by atoms with Crippen LogP contribution in [0.2, 0.25) is 0 Å². The van der Waals surface area contributed by atoms with Crippen LogP contribution in [0.1, 0.15) is 23.4 Å². The highest BCUT2D eigenvalue weighted by Gasteiger charge is 2.51. The van der Waals surface area contributed by atoms with Crippen LogP contribution >= 0.6 is 0 Å². The van der Waals surface area contributed by atoms with E-state index < -0.39 is 17.8 Å².